The van der Waals surface area contributed by atoms with E-state index in [-0.39, 0.29) is 0 Å². The topological polar surface area (TPSA) is 3.88 Å². The lowest BCUT2D eigenvalue weighted by molar-refractivity contribution is -0.686. The molecule has 1 nitrogen and oxygen atoms in total. The molecule has 0 aliphatic heterocycles. The van der Waals surface area contributed by atoms with E-state index in [2.05, 4.69) is 42.5 Å². The average Bonchev–Trinajstić information content (AvgIpc) is 2.41. The first-order valence-electron chi connectivity index (χ1n) is 5.94. The number of hydrogen-bond acceptors (Lipinski definition) is 0. The summed E-state index contributed by atoms with van der Waals surface area (Å²) in [5.41, 5.74) is 1.26. The third kappa shape index (κ3) is 2.22. The van der Waals surface area contributed by atoms with Gasteiger partial charge in [0.25, 0.3) is 5.15 Å². The highest BCUT2D eigenvalue weighted by Crippen LogP contribution is 2.15. The molecule has 2 aromatic carbocycles. The van der Waals surface area contributed by atoms with Crippen LogP contribution in [0, 0.1) is 0 Å². The van der Waals surface area contributed by atoms with Crippen LogP contribution >= 0.6 is 11.6 Å². The fourth-order valence-corrected chi connectivity index (χ4v) is 2.31. The van der Waals surface area contributed by atoms with E-state index < -0.39 is 0 Å². The second kappa shape index (κ2) is 4.79. The van der Waals surface area contributed by atoms with Gasteiger partial charge in [0.1, 0.15) is 0 Å². The normalized spacial score (nSPS) is 10.7. The van der Waals surface area contributed by atoms with E-state index in [4.69, 9.17) is 11.6 Å². The van der Waals surface area contributed by atoms with Gasteiger partial charge >= 0.3 is 0 Å². The third-order valence-electron chi connectivity index (χ3n) is 3.05. The van der Waals surface area contributed by atoms with Crippen LogP contribution in [0.4, 0.5) is 0 Å². The first-order chi connectivity index (χ1) is 8.83. The fourth-order valence-electron chi connectivity index (χ4n) is 2.12. The Morgan fingerprint density at radius 1 is 0.833 bits per heavy atom. The van der Waals surface area contributed by atoms with Crippen molar-refractivity contribution < 1.29 is 4.57 Å². The van der Waals surface area contributed by atoms with E-state index in [1.807, 2.05) is 29.0 Å². The molecule has 0 unspecified atom stereocenters. The predicted molar refractivity (Wildman–Crippen MR) is 74.7 cm³/mol. The fraction of sp³-hybridized carbons (Fsp3) is 0.0625. The van der Waals surface area contributed by atoms with Crippen molar-refractivity contribution in [1.29, 1.82) is 0 Å². The van der Waals surface area contributed by atoms with Crippen LogP contribution in [-0.2, 0) is 6.54 Å². The minimum Gasteiger partial charge on any atom is -0.184 e. The zero-order chi connectivity index (χ0) is 12.4. The summed E-state index contributed by atoms with van der Waals surface area (Å²) in [6.07, 6.45) is 2.00. The molecule has 0 amide bonds. The van der Waals surface area contributed by atoms with Crippen LogP contribution in [0.1, 0.15) is 5.56 Å². The molecule has 0 fully saturated rings. The van der Waals surface area contributed by atoms with Gasteiger partial charge in [0.05, 0.1) is 0 Å². The number of pyridine rings is 1. The minimum atomic E-state index is 0.755. The molecule has 88 valence electrons. The number of halogens is 1. The molecule has 0 aliphatic carbocycles. The van der Waals surface area contributed by atoms with Crippen molar-refractivity contribution in [2.24, 2.45) is 0 Å². The lowest BCUT2D eigenvalue weighted by Gasteiger charge is -2.02. The van der Waals surface area contributed by atoms with Crippen molar-refractivity contribution in [3.05, 3.63) is 77.6 Å². The van der Waals surface area contributed by atoms with Gasteiger partial charge < -0.3 is 0 Å². The van der Waals surface area contributed by atoms with Gasteiger partial charge in [-0.25, -0.2) is 0 Å². The molecule has 1 heterocycles. The van der Waals surface area contributed by atoms with Crippen molar-refractivity contribution in [2.75, 3.05) is 0 Å². The molecule has 0 radical (unpaired) electrons. The molecule has 0 saturated heterocycles. The zero-order valence-corrected chi connectivity index (χ0v) is 10.6. The van der Waals surface area contributed by atoms with Gasteiger partial charge in [-0.3, -0.25) is 0 Å². The predicted octanol–water partition coefficient (Wildman–Crippen LogP) is 3.83. The summed E-state index contributed by atoms with van der Waals surface area (Å²) in [5.74, 6) is 0. The Labute approximate surface area is 111 Å². The van der Waals surface area contributed by atoms with E-state index in [9.17, 15) is 0 Å². The molecule has 0 aliphatic rings. The van der Waals surface area contributed by atoms with Gasteiger partial charge in [0.15, 0.2) is 12.7 Å². The van der Waals surface area contributed by atoms with E-state index in [0.717, 1.165) is 11.7 Å². The van der Waals surface area contributed by atoms with E-state index in [0.29, 0.717) is 0 Å². The van der Waals surface area contributed by atoms with Gasteiger partial charge in [-0.1, -0.05) is 36.4 Å². The molecule has 18 heavy (non-hydrogen) atoms. The number of benzene rings is 2. The van der Waals surface area contributed by atoms with Crippen molar-refractivity contribution in [3.63, 3.8) is 0 Å². The number of aromatic nitrogens is 1. The highest BCUT2D eigenvalue weighted by molar-refractivity contribution is 6.28. The van der Waals surface area contributed by atoms with E-state index in [1.54, 1.807) is 0 Å². The van der Waals surface area contributed by atoms with E-state index in [1.165, 1.54) is 16.3 Å². The Bertz CT molecular complexity index is 691. The summed E-state index contributed by atoms with van der Waals surface area (Å²) in [6.45, 7) is 0.796. The van der Waals surface area contributed by atoms with Crippen LogP contribution < -0.4 is 4.57 Å². The van der Waals surface area contributed by atoms with Crippen molar-refractivity contribution >= 4 is 22.4 Å². The van der Waals surface area contributed by atoms with Crippen molar-refractivity contribution in [2.45, 2.75) is 6.54 Å². The zero-order valence-electron chi connectivity index (χ0n) is 9.88. The van der Waals surface area contributed by atoms with Crippen molar-refractivity contribution in [3.8, 4) is 0 Å². The monoisotopic (exact) mass is 254 g/mol. The van der Waals surface area contributed by atoms with E-state index >= 15 is 0 Å². The highest BCUT2D eigenvalue weighted by Gasteiger charge is 2.07. The van der Waals surface area contributed by atoms with Crippen molar-refractivity contribution in [1.82, 2.24) is 0 Å². The van der Waals surface area contributed by atoms with Crippen LogP contribution in [0.2, 0.25) is 5.15 Å². The molecule has 0 bridgehead atoms. The lowest BCUT2D eigenvalue weighted by Crippen LogP contribution is -2.34. The number of nitrogens with zero attached hydrogens (tertiary/aromatic N) is 1. The van der Waals surface area contributed by atoms with Gasteiger partial charge in [-0.15, -0.1) is 0 Å². The average molecular weight is 255 g/mol. The second-order valence-corrected chi connectivity index (χ2v) is 4.72. The molecule has 0 spiro atoms. The summed E-state index contributed by atoms with van der Waals surface area (Å²) < 4.78 is 2.03. The van der Waals surface area contributed by atoms with Gasteiger partial charge in [-0.05, 0) is 34.5 Å². The molecule has 3 rings (SSSR count). The van der Waals surface area contributed by atoms with Gasteiger partial charge in [0.2, 0.25) is 0 Å². The Hall–Kier alpha value is -1.86. The molecule has 1 aromatic heterocycles. The Morgan fingerprint density at radius 2 is 1.61 bits per heavy atom. The quantitative estimate of drug-likeness (QED) is 0.483. The van der Waals surface area contributed by atoms with Gasteiger partial charge in [0, 0.05) is 17.7 Å². The van der Waals surface area contributed by atoms with Gasteiger partial charge in [-0.2, -0.15) is 4.57 Å². The number of hydrogen-bond donors (Lipinski definition) is 0. The summed E-state index contributed by atoms with van der Waals surface area (Å²) in [5, 5.41) is 3.29. The number of rotatable bonds is 2. The molecule has 2 heteroatoms. The SMILES string of the molecule is Clc1cccc[n+]1Cc1ccc2ccccc2c1. The molecular formula is C16H13ClN+. The third-order valence-corrected chi connectivity index (χ3v) is 3.40. The van der Waals surface area contributed by atoms with Crippen LogP contribution in [0.3, 0.4) is 0 Å². The first-order valence-corrected chi connectivity index (χ1v) is 6.32. The summed E-state index contributed by atoms with van der Waals surface area (Å²) >= 11 is 6.16. The molecule has 3 aromatic rings. The van der Waals surface area contributed by atoms with Crippen LogP contribution in [0.25, 0.3) is 10.8 Å². The standard InChI is InChI=1S/C16H13ClN/c17-16-7-3-4-10-18(16)12-13-8-9-14-5-1-2-6-15(14)11-13/h1-11H,12H2/q+1. The number of fused-ring (bicyclic) bond motifs is 1. The minimum absolute atomic E-state index is 0.755. The lowest BCUT2D eigenvalue weighted by atomic mass is 10.1. The highest BCUT2D eigenvalue weighted by atomic mass is 35.5. The molecule has 0 N–H and O–H groups in total. The molecule has 0 atom stereocenters. The molecule has 0 saturated carbocycles. The Morgan fingerprint density at radius 3 is 2.44 bits per heavy atom. The first kappa shape index (κ1) is 11.2. The molecular weight excluding hydrogens is 242 g/mol. The Kier molecular flexibility index (Phi) is 2.99. The van der Waals surface area contributed by atoms with Crippen LogP contribution in [0.5, 0.6) is 0 Å². The summed E-state index contributed by atoms with van der Waals surface area (Å²) in [6, 6.07) is 20.7. The second-order valence-electron chi connectivity index (χ2n) is 4.33. The summed E-state index contributed by atoms with van der Waals surface area (Å²) in [4.78, 5) is 0. The largest absolute Gasteiger partial charge is 0.275 e. The smallest absolute Gasteiger partial charge is 0.184 e. The van der Waals surface area contributed by atoms with Crippen LogP contribution in [0.15, 0.2) is 66.9 Å². The summed E-state index contributed by atoms with van der Waals surface area (Å²) in [7, 11) is 0. The maximum atomic E-state index is 6.16. The maximum Gasteiger partial charge on any atom is 0.275 e. The Balaban J connectivity index is 1.98. The van der Waals surface area contributed by atoms with Crippen LogP contribution in [-0.4, -0.2) is 0 Å². The maximum absolute atomic E-state index is 6.16.